The Kier molecular flexibility index (Phi) is 4.33. The SMILES string of the molecule is COc1ccc(F)cc1C(=O)Nc1c(-c2ccc(F)cc2)nc2sccn12. The highest BCUT2D eigenvalue weighted by molar-refractivity contribution is 7.15. The number of rotatable bonds is 4. The van der Waals surface area contributed by atoms with E-state index in [1.807, 2.05) is 5.38 Å². The second-order valence-electron chi connectivity index (χ2n) is 5.67. The van der Waals surface area contributed by atoms with Crippen molar-refractivity contribution in [2.45, 2.75) is 0 Å². The van der Waals surface area contributed by atoms with E-state index in [2.05, 4.69) is 10.3 Å². The topological polar surface area (TPSA) is 55.6 Å². The van der Waals surface area contributed by atoms with E-state index in [-0.39, 0.29) is 17.1 Å². The molecule has 0 atom stereocenters. The van der Waals surface area contributed by atoms with Crippen LogP contribution in [0, 0.1) is 11.6 Å². The van der Waals surface area contributed by atoms with Crippen molar-refractivity contribution in [1.82, 2.24) is 9.38 Å². The van der Waals surface area contributed by atoms with Crippen LogP contribution in [0.5, 0.6) is 5.75 Å². The van der Waals surface area contributed by atoms with Crippen molar-refractivity contribution >= 4 is 28.0 Å². The largest absolute Gasteiger partial charge is 0.496 e. The summed E-state index contributed by atoms with van der Waals surface area (Å²) in [5.74, 6) is -0.788. The molecule has 0 unspecified atom stereocenters. The van der Waals surface area contributed by atoms with Gasteiger partial charge in [0.25, 0.3) is 5.91 Å². The van der Waals surface area contributed by atoms with Crippen molar-refractivity contribution in [3.05, 3.63) is 71.2 Å². The number of ether oxygens (including phenoxy) is 1. The minimum Gasteiger partial charge on any atom is -0.496 e. The number of fused-ring (bicyclic) bond motifs is 1. The lowest BCUT2D eigenvalue weighted by atomic mass is 10.1. The number of thiazole rings is 1. The molecule has 8 heteroatoms. The van der Waals surface area contributed by atoms with Gasteiger partial charge < -0.3 is 10.1 Å². The Bertz CT molecular complexity index is 1140. The maximum absolute atomic E-state index is 13.6. The molecule has 0 saturated carbocycles. The number of anilines is 1. The third-order valence-corrected chi connectivity index (χ3v) is 4.77. The molecule has 2 aromatic carbocycles. The minimum absolute atomic E-state index is 0.0627. The van der Waals surface area contributed by atoms with Crippen LogP contribution in [-0.2, 0) is 0 Å². The van der Waals surface area contributed by atoms with Crippen LogP contribution in [0.4, 0.5) is 14.6 Å². The average Bonchev–Trinajstić information content (AvgIpc) is 3.25. The van der Waals surface area contributed by atoms with Crippen LogP contribution in [0.15, 0.2) is 54.0 Å². The van der Waals surface area contributed by atoms with Gasteiger partial charge in [-0.1, -0.05) is 0 Å². The van der Waals surface area contributed by atoms with Crippen molar-refractivity contribution in [2.24, 2.45) is 0 Å². The quantitative estimate of drug-likeness (QED) is 0.559. The Labute approximate surface area is 156 Å². The molecule has 0 fully saturated rings. The van der Waals surface area contributed by atoms with Crippen LogP contribution in [0.1, 0.15) is 10.4 Å². The standard InChI is InChI=1S/C19H13F2N3O2S/c1-26-15-7-6-13(21)10-14(15)18(25)23-17-16(11-2-4-12(20)5-3-11)22-19-24(17)8-9-27-19/h2-10H,1H3,(H,23,25). The molecule has 0 aliphatic heterocycles. The summed E-state index contributed by atoms with van der Waals surface area (Å²) in [5, 5.41) is 4.61. The zero-order valence-electron chi connectivity index (χ0n) is 14.1. The van der Waals surface area contributed by atoms with Gasteiger partial charge in [-0.2, -0.15) is 0 Å². The summed E-state index contributed by atoms with van der Waals surface area (Å²) in [6.45, 7) is 0. The van der Waals surface area contributed by atoms with Gasteiger partial charge in [-0.3, -0.25) is 9.20 Å². The number of imidazole rings is 1. The summed E-state index contributed by atoms with van der Waals surface area (Å²) >= 11 is 1.39. The van der Waals surface area contributed by atoms with E-state index >= 15 is 0 Å². The molecule has 0 spiro atoms. The maximum atomic E-state index is 13.6. The fourth-order valence-electron chi connectivity index (χ4n) is 2.75. The summed E-state index contributed by atoms with van der Waals surface area (Å²) in [6, 6.07) is 9.53. The molecule has 5 nitrogen and oxygen atoms in total. The Balaban J connectivity index is 1.78. The molecule has 1 N–H and O–H groups in total. The van der Waals surface area contributed by atoms with Gasteiger partial charge in [0.15, 0.2) is 4.96 Å². The Morgan fingerprint density at radius 2 is 1.89 bits per heavy atom. The molecule has 2 aromatic heterocycles. The lowest BCUT2D eigenvalue weighted by Gasteiger charge is -2.10. The Hall–Kier alpha value is -3.26. The zero-order chi connectivity index (χ0) is 19.0. The van der Waals surface area contributed by atoms with Crippen molar-refractivity contribution in [3.8, 4) is 17.0 Å². The Morgan fingerprint density at radius 1 is 1.15 bits per heavy atom. The second kappa shape index (κ2) is 6.81. The van der Waals surface area contributed by atoms with E-state index in [9.17, 15) is 13.6 Å². The first-order chi connectivity index (χ1) is 13.1. The van der Waals surface area contributed by atoms with E-state index in [0.717, 1.165) is 6.07 Å². The summed E-state index contributed by atoms with van der Waals surface area (Å²) in [4.78, 5) is 18.0. The summed E-state index contributed by atoms with van der Waals surface area (Å²) in [7, 11) is 1.41. The van der Waals surface area contributed by atoms with E-state index in [1.165, 1.54) is 42.7 Å². The number of nitrogens with one attached hydrogen (secondary N) is 1. The highest BCUT2D eigenvalue weighted by atomic mass is 32.1. The third kappa shape index (κ3) is 3.15. The normalized spacial score (nSPS) is 10.9. The molecule has 136 valence electrons. The monoisotopic (exact) mass is 385 g/mol. The van der Waals surface area contributed by atoms with Crippen LogP contribution in [0.25, 0.3) is 16.2 Å². The van der Waals surface area contributed by atoms with Gasteiger partial charge in [0.1, 0.15) is 28.9 Å². The van der Waals surface area contributed by atoms with Gasteiger partial charge in [0, 0.05) is 17.1 Å². The predicted molar refractivity (Wildman–Crippen MR) is 99.4 cm³/mol. The third-order valence-electron chi connectivity index (χ3n) is 4.02. The minimum atomic E-state index is -0.548. The number of hydrogen-bond acceptors (Lipinski definition) is 4. The number of hydrogen-bond donors (Lipinski definition) is 1. The molecule has 0 aliphatic carbocycles. The van der Waals surface area contributed by atoms with Crippen LogP contribution < -0.4 is 10.1 Å². The average molecular weight is 385 g/mol. The van der Waals surface area contributed by atoms with Crippen LogP contribution in [0.2, 0.25) is 0 Å². The maximum Gasteiger partial charge on any atom is 0.260 e. The number of carbonyl (C=O) groups excluding carboxylic acids is 1. The molecule has 0 aliphatic rings. The van der Waals surface area contributed by atoms with E-state index in [1.54, 1.807) is 22.7 Å². The molecule has 0 radical (unpaired) electrons. The number of methoxy groups -OCH3 is 1. The van der Waals surface area contributed by atoms with Gasteiger partial charge in [-0.15, -0.1) is 11.3 Å². The van der Waals surface area contributed by atoms with E-state index in [0.29, 0.717) is 22.0 Å². The smallest absolute Gasteiger partial charge is 0.260 e. The van der Waals surface area contributed by atoms with Gasteiger partial charge in [-0.25, -0.2) is 13.8 Å². The molecular formula is C19H13F2N3O2S. The zero-order valence-corrected chi connectivity index (χ0v) is 14.9. The fourth-order valence-corrected chi connectivity index (χ4v) is 3.46. The van der Waals surface area contributed by atoms with Gasteiger partial charge in [-0.05, 0) is 42.5 Å². The molecule has 27 heavy (non-hydrogen) atoms. The number of halogens is 2. The first-order valence-electron chi connectivity index (χ1n) is 7.93. The van der Waals surface area contributed by atoms with Crippen molar-refractivity contribution in [3.63, 3.8) is 0 Å². The van der Waals surface area contributed by atoms with Crippen molar-refractivity contribution in [1.29, 1.82) is 0 Å². The summed E-state index contributed by atoms with van der Waals surface area (Å²) in [5.41, 5.74) is 1.20. The number of nitrogens with zero attached hydrogens (tertiary/aromatic N) is 2. The molecule has 1 amide bonds. The van der Waals surface area contributed by atoms with E-state index < -0.39 is 11.7 Å². The lowest BCUT2D eigenvalue weighted by molar-refractivity contribution is 0.102. The van der Waals surface area contributed by atoms with Crippen molar-refractivity contribution < 1.29 is 18.3 Å². The molecule has 0 saturated heterocycles. The van der Waals surface area contributed by atoms with Gasteiger partial charge in [0.2, 0.25) is 0 Å². The number of benzene rings is 2. The number of aromatic nitrogens is 2. The predicted octanol–water partition coefficient (Wildman–Crippen LogP) is 4.60. The Morgan fingerprint density at radius 3 is 2.63 bits per heavy atom. The molecule has 4 aromatic rings. The summed E-state index contributed by atoms with van der Waals surface area (Å²) in [6.07, 6.45) is 1.76. The fraction of sp³-hybridized carbons (Fsp3) is 0.0526. The second-order valence-corrected chi connectivity index (χ2v) is 6.54. The van der Waals surface area contributed by atoms with Crippen molar-refractivity contribution in [2.75, 3.05) is 12.4 Å². The highest BCUT2D eigenvalue weighted by Gasteiger charge is 2.20. The molecule has 4 rings (SSSR count). The van der Waals surface area contributed by atoms with E-state index in [4.69, 9.17) is 4.74 Å². The highest BCUT2D eigenvalue weighted by Crippen LogP contribution is 2.32. The van der Waals surface area contributed by atoms with Gasteiger partial charge >= 0.3 is 0 Å². The van der Waals surface area contributed by atoms with Crippen LogP contribution >= 0.6 is 11.3 Å². The molecular weight excluding hydrogens is 372 g/mol. The first kappa shape index (κ1) is 17.2. The first-order valence-corrected chi connectivity index (χ1v) is 8.81. The number of amides is 1. The summed E-state index contributed by atoms with van der Waals surface area (Å²) < 4.78 is 33.7. The van der Waals surface area contributed by atoms with Crippen LogP contribution in [0.3, 0.4) is 0 Å². The molecule has 0 bridgehead atoms. The number of carbonyl (C=O) groups is 1. The van der Waals surface area contributed by atoms with Gasteiger partial charge in [0.05, 0.1) is 12.7 Å². The lowest BCUT2D eigenvalue weighted by Crippen LogP contribution is -2.15. The van der Waals surface area contributed by atoms with Crippen LogP contribution in [-0.4, -0.2) is 22.4 Å². The molecule has 2 heterocycles.